The number of aromatic nitrogens is 2. The summed E-state index contributed by atoms with van der Waals surface area (Å²) < 4.78 is 0. The predicted octanol–water partition coefficient (Wildman–Crippen LogP) is 5.14. The minimum absolute atomic E-state index is 0. The molecule has 0 bridgehead atoms. The first-order valence-corrected chi connectivity index (χ1v) is 9.50. The number of benzene rings is 2. The molecule has 30 heavy (non-hydrogen) atoms. The Labute approximate surface area is 190 Å². The summed E-state index contributed by atoms with van der Waals surface area (Å²) in [5.41, 5.74) is 4.54. The Morgan fingerprint density at radius 3 is 1.30 bits per heavy atom. The first kappa shape index (κ1) is 20.1. The van der Waals surface area contributed by atoms with E-state index in [1.807, 2.05) is 90.5 Å². The van der Waals surface area contributed by atoms with E-state index < -0.39 is 0 Å². The molecule has 2 aromatic carbocycles. The maximum absolute atomic E-state index is 4.62. The number of nitrogens with zero attached hydrogens (tertiary/aromatic N) is 4. The summed E-state index contributed by atoms with van der Waals surface area (Å²) in [5.74, 6) is 1.73. The molecule has 1 aliphatic heterocycles. The van der Waals surface area contributed by atoms with Gasteiger partial charge in [0.2, 0.25) is 0 Å². The third-order valence-corrected chi connectivity index (χ3v) is 4.88. The van der Waals surface area contributed by atoms with Crippen LogP contribution in [0.4, 0.5) is 11.6 Å². The van der Waals surface area contributed by atoms with Crippen LogP contribution in [0.2, 0.25) is 0 Å². The molecule has 0 N–H and O–H groups in total. The van der Waals surface area contributed by atoms with Crippen molar-refractivity contribution in [3.8, 4) is 22.3 Å². The van der Waals surface area contributed by atoms with Crippen molar-refractivity contribution in [2.75, 3.05) is 9.62 Å². The van der Waals surface area contributed by atoms with Gasteiger partial charge >= 0.3 is 7.55 Å². The maximum atomic E-state index is 4.62. The molecule has 1 aliphatic rings. The molecule has 4 nitrogen and oxygen atoms in total. The fraction of sp³-hybridized carbons (Fsp3) is 0. The van der Waals surface area contributed by atoms with Gasteiger partial charge in [0.25, 0.3) is 0 Å². The molecule has 0 aliphatic carbocycles. The summed E-state index contributed by atoms with van der Waals surface area (Å²) in [5, 5.41) is 0. The van der Waals surface area contributed by atoms with E-state index in [1.165, 1.54) is 0 Å². The molecular formula is C24H18BIrN4. The van der Waals surface area contributed by atoms with Gasteiger partial charge < -0.3 is 9.62 Å². The first-order chi connectivity index (χ1) is 14.4. The second-order valence-corrected chi connectivity index (χ2v) is 6.77. The van der Waals surface area contributed by atoms with Crippen molar-refractivity contribution in [1.82, 2.24) is 9.97 Å². The van der Waals surface area contributed by atoms with Crippen molar-refractivity contribution >= 4 is 19.2 Å². The third kappa shape index (κ3) is 4.20. The minimum Gasteiger partial charge on any atom is -0.358 e. The largest absolute Gasteiger partial charge is 0.402 e. The van der Waals surface area contributed by atoms with Gasteiger partial charge in [0.15, 0.2) is 0 Å². The minimum atomic E-state index is 0. The van der Waals surface area contributed by atoms with Crippen molar-refractivity contribution in [2.45, 2.75) is 0 Å². The fourth-order valence-corrected chi connectivity index (χ4v) is 3.31. The predicted molar refractivity (Wildman–Crippen MR) is 119 cm³/mol. The van der Waals surface area contributed by atoms with Crippen molar-refractivity contribution in [2.24, 2.45) is 0 Å². The van der Waals surface area contributed by atoms with Crippen LogP contribution in [0.25, 0.3) is 22.3 Å². The number of hydrogen-bond donors (Lipinski definition) is 0. The standard InChI is InChI=1S/C24H18BN4.Ir/c1-3-7-19(8-4-1)21-11-13-23(26-17-21)28-15-16-29(25-28)24-14-12-22(18-27-24)20-9-5-2-6-10-20;/h1-18H;. The zero-order valence-corrected chi connectivity index (χ0v) is 18.5. The van der Waals surface area contributed by atoms with E-state index in [0.717, 1.165) is 33.9 Å². The van der Waals surface area contributed by atoms with Crippen molar-refractivity contribution < 1.29 is 20.1 Å². The second kappa shape index (κ2) is 9.08. The molecular weight excluding hydrogens is 547 g/mol. The third-order valence-electron chi connectivity index (χ3n) is 4.88. The molecule has 0 unspecified atom stereocenters. The molecule has 0 fully saturated rings. The molecule has 3 heterocycles. The van der Waals surface area contributed by atoms with Crippen LogP contribution in [0.15, 0.2) is 110 Å². The topological polar surface area (TPSA) is 32.3 Å². The Bertz CT molecular complexity index is 1030. The second-order valence-electron chi connectivity index (χ2n) is 6.77. The number of rotatable bonds is 4. The summed E-state index contributed by atoms with van der Waals surface area (Å²) in [6.07, 6.45) is 7.78. The van der Waals surface area contributed by atoms with Crippen LogP contribution in [-0.2, 0) is 20.1 Å². The van der Waals surface area contributed by atoms with E-state index in [0.29, 0.717) is 0 Å². The number of hydrogen-bond acceptors (Lipinski definition) is 4. The molecule has 2 radical (unpaired) electrons. The van der Waals surface area contributed by atoms with Crippen molar-refractivity contribution in [3.05, 3.63) is 110 Å². The summed E-state index contributed by atoms with van der Waals surface area (Å²) in [6.45, 7) is 0. The van der Waals surface area contributed by atoms with Crippen molar-refractivity contribution in [3.63, 3.8) is 0 Å². The van der Waals surface area contributed by atoms with Crippen LogP contribution in [0.3, 0.4) is 0 Å². The molecule has 0 amide bonds. The van der Waals surface area contributed by atoms with Gasteiger partial charge in [0, 0.05) is 56.0 Å². The van der Waals surface area contributed by atoms with Crippen LogP contribution < -0.4 is 9.62 Å². The zero-order chi connectivity index (χ0) is 19.5. The fourth-order valence-electron chi connectivity index (χ4n) is 3.31. The Morgan fingerprint density at radius 1 is 0.500 bits per heavy atom. The van der Waals surface area contributed by atoms with Crippen LogP contribution in [0.5, 0.6) is 0 Å². The normalized spacial score (nSPS) is 12.4. The summed E-state index contributed by atoms with van der Waals surface area (Å²) in [6, 6.07) is 28.8. The van der Waals surface area contributed by atoms with Crippen LogP contribution in [0, 0.1) is 0 Å². The van der Waals surface area contributed by atoms with Crippen LogP contribution in [0.1, 0.15) is 0 Å². The molecule has 0 spiro atoms. The van der Waals surface area contributed by atoms with E-state index in [-0.39, 0.29) is 20.1 Å². The van der Waals surface area contributed by atoms with Gasteiger partial charge in [0.1, 0.15) is 11.6 Å². The van der Waals surface area contributed by atoms with Gasteiger partial charge in [-0.15, -0.1) is 0 Å². The maximum Gasteiger partial charge on any atom is 0.402 e. The molecule has 2 aromatic heterocycles. The van der Waals surface area contributed by atoms with E-state index in [4.69, 9.17) is 0 Å². The molecule has 5 rings (SSSR count). The van der Waals surface area contributed by atoms with Gasteiger partial charge in [-0.2, -0.15) is 0 Å². The van der Waals surface area contributed by atoms with Gasteiger partial charge in [0.05, 0.1) is 0 Å². The van der Waals surface area contributed by atoms with E-state index in [2.05, 4.69) is 46.4 Å². The van der Waals surface area contributed by atoms with Gasteiger partial charge in [-0.3, -0.25) is 0 Å². The molecule has 0 saturated heterocycles. The van der Waals surface area contributed by atoms with Crippen LogP contribution in [-0.4, -0.2) is 17.5 Å². The smallest absolute Gasteiger partial charge is 0.358 e. The van der Waals surface area contributed by atoms with E-state index in [1.54, 1.807) is 0 Å². The average molecular weight is 565 g/mol. The van der Waals surface area contributed by atoms with Crippen LogP contribution >= 0.6 is 0 Å². The molecule has 4 aromatic rings. The van der Waals surface area contributed by atoms with Gasteiger partial charge in [-0.05, 0) is 35.4 Å². The average Bonchev–Trinajstić information content (AvgIpc) is 3.31. The molecule has 0 atom stereocenters. The Morgan fingerprint density at radius 2 is 0.933 bits per heavy atom. The monoisotopic (exact) mass is 566 g/mol. The Hall–Kier alpha value is -3.21. The van der Waals surface area contributed by atoms with E-state index in [9.17, 15) is 0 Å². The number of pyridine rings is 2. The SMILES string of the molecule is [B]1N(c2ccc(-c3ccccc3)cn2)C=CN1c1ccc(-c2ccccc2)cn1.[Ir]. The molecule has 146 valence electrons. The van der Waals surface area contributed by atoms with Gasteiger partial charge in [-0.25, -0.2) is 9.97 Å². The molecule has 6 heteroatoms. The Balaban J connectivity index is 0.00000218. The summed E-state index contributed by atoms with van der Waals surface area (Å²) >= 11 is 0. The van der Waals surface area contributed by atoms with Gasteiger partial charge in [-0.1, -0.05) is 60.7 Å². The first-order valence-electron chi connectivity index (χ1n) is 9.50. The van der Waals surface area contributed by atoms with Crippen molar-refractivity contribution in [1.29, 1.82) is 0 Å². The molecule has 0 saturated carbocycles. The Kier molecular flexibility index (Phi) is 6.08. The zero-order valence-electron chi connectivity index (χ0n) is 16.1. The summed E-state index contributed by atoms with van der Waals surface area (Å²) in [4.78, 5) is 13.2. The quantitative estimate of drug-likeness (QED) is 0.321. The van der Waals surface area contributed by atoms with E-state index >= 15 is 0 Å². The number of anilines is 2. The summed E-state index contributed by atoms with van der Waals surface area (Å²) in [7, 11) is 1.98.